The van der Waals surface area contributed by atoms with Crippen molar-refractivity contribution in [1.82, 2.24) is 14.8 Å². The van der Waals surface area contributed by atoms with E-state index < -0.39 is 0 Å². The van der Waals surface area contributed by atoms with Gasteiger partial charge in [0, 0.05) is 25.1 Å². The van der Waals surface area contributed by atoms with Gasteiger partial charge in [0.1, 0.15) is 11.4 Å². The van der Waals surface area contributed by atoms with Gasteiger partial charge in [0.25, 0.3) is 5.91 Å². The van der Waals surface area contributed by atoms with Crippen LogP contribution in [-0.2, 0) is 4.74 Å². The van der Waals surface area contributed by atoms with Crippen molar-refractivity contribution in [2.45, 2.75) is 25.5 Å². The van der Waals surface area contributed by atoms with Crippen LogP contribution in [0.15, 0.2) is 24.7 Å². The van der Waals surface area contributed by atoms with E-state index in [1.54, 1.807) is 29.3 Å². The van der Waals surface area contributed by atoms with Crippen LogP contribution in [-0.4, -0.2) is 27.3 Å². The number of pyridine rings is 1. The fraction of sp³-hybridized carbons (Fsp3) is 0.357. The van der Waals surface area contributed by atoms with Crippen molar-refractivity contribution in [3.8, 4) is 0 Å². The van der Waals surface area contributed by atoms with Crippen molar-refractivity contribution in [3.05, 3.63) is 38.9 Å². The average Bonchev–Trinajstić information content (AvgIpc) is 3.02. The second-order valence-electron chi connectivity index (χ2n) is 4.97. The smallest absolute Gasteiger partial charge is 0.258 e. The van der Waals surface area contributed by atoms with Gasteiger partial charge in [-0.25, -0.2) is 9.67 Å². The second kappa shape index (κ2) is 6.93. The molecule has 1 atom stereocenters. The Balaban J connectivity index is 1.72. The number of carbonyl (C=O) groups excluding carboxylic acids is 1. The number of halogens is 2. The summed E-state index contributed by atoms with van der Waals surface area (Å²) in [5, 5.41) is 7.39. The first-order valence-corrected chi connectivity index (χ1v) is 8.37. The molecule has 1 unspecified atom stereocenters. The Labute approximate surface area is 146 Å². The van der Waals surface area contributed by atoms with Crippen LogP contribution in [0.5, 0.6) is 0 Å². The maximum absolute atomic E-state index is 12.3. The minimum absolute atomic E-state index is 0.0780. The minimum Gasteiger partial charge on any atom is -0.357 e. The normalized spacial score (nSPS) is 18.2. The van der Waals surface area contributed by atoms with E-state index in [1.807, 2.05) is 0 Å². The Bertz CT molecular complexity index is 685. The summed E-state index contributed by atoms with van der Waals surface area (Å²) >= 11 is 7.95. The van der Waals surface area contributed by atoms with Crippen molar-refractivity contribution in [3.63, 3.8) is 0 Å². The van der Waals surface area contributed by atoms with Crippen molar-refractivity contribution >= 4 is 45.8 Å². The molecule has 2 aromatic heterocycles. The van der Waals surface area contributed by atoms with Gasteiger partial charge in [-0.15, -0.1) is 0 Å². The Morgan fingerprint density at radius 2 is 2.32 bits per heavy atom. The zero-order chi connectivity index (χ0) is 15.5. The third kappa shape index (κ3) is 3.58. The molecule has 3 heterocycles. The second-order valence-corrected chi connectivity index (χ2v) is 6.52. The maximum atomic E-state index is 12.3. The molecule has 1 aliphatic heterocycles. The van der Waals surface area contributed by atoms with E-state index in [9.17, 15) is 4.79 Å². The van der Waals surface area contributed by atoms with Crippen molar-refractivity contribution in [1.29, 1.82) is 0 Å². The molecule has 0 spiro atoms. The van der Waals surface area contributed by atoms with Gasteiger partial charge < -0.3 is 10.1 Å². The summed E-state index contributed by atoms with van der Waals surface area (Å²) in [4.78, 5) is 16.3. The van der Waals surface area contributed by atoms with E-state index >= 15 is 0 Å². The van der Waals surface area contributed by atoms with Crippen LogP contribution in [0.1, 0.15) is 35.8 Å². The predicted molar refractivity (Wildman–Crippen MR) is 91.0 cm³/mol. The molecule has 1 fully saturated rings. The van der Waals surface area contributed by atoms with Crippen molar-refractivity contribution < 1.29 is 9.53 Å². The number of aromatic nitrogens is 3. The van der Waals surface area contributed by atoms with Crippen LogP contribution in [0.3, 0.4) is 0 Å². The average molecular weight is 433 g/mol. The van der Waals surface area contributed by atoms with Crippen LogP contribution < -0.4 is 5.32 Å². The van der Waals surface area contributed by atoms with E-state index in [-0.39, 0.29) is 12.1 Å². The first kappa shape index (κ1) is 15.7. The lowest BCUT2D eigenvalue weighted by atomic mass is 10.2. The van der Waals surface area contributed by atoms with Gasteiger partial charge in [-0.3, -0.25) is 4.79 Å². The molecule has 0 radical (unpaired) electrons. The molecule has 1 N–H and O–H groups in total. The number of rotatable bonds is 3. The molecule has 1 saturated heterocycles. The van der Waals surface area contributed by atoms with Crippen LogP contribution in [0.25, 0.3) is 0 Å². The van der Waals surface area contributed by atoms with Crippen LogP contribution >= 0.6 is 34.2 Å². The van der Waals surface area contributed by atoms with Gasteiger partial charge in [0.2, 0.25) is 0 Å². The predicted octanol–water partition coefficient (Wildman–Crippen LogP) is 3.49. The fourth-order valence-electron chi connectivity index (χ4n) is 2.25. The zero-order valence-electron chi connectivity index (χ0n) is 11.6. The summed E-state index contributed by atoms with van der Waals surface area (Å²) in [5.41, 5.74) is 1.12. The summed E-state index contributed by atoms with van der Waals surface area (Å²) in [6.45, 7) is 0.736. The van der Waals surface area contributed by atoms with Crippen molar-refractivity contribution in [2.24, 2.45) is 0 Å². The number of amides is 1. The van der Waals surface area contributed by atoms with E-state index in [1.165, 1.54) is 0 Å². The summed E-state index contributed by atoms with van der Waals surface area (Å²) in [6, 6.07) is 1.62. The third-order valence-corrected chi connectivity index (χ3v) is 4.45. The largest absolute Gasteiger partial charge is 0.357 e. The van der Waals surface area contributed by atoms with Gasteiger partial charge in [-0.05, 0) is 41.9 Å². The molecule has 0 bridgehead atoms. The number of carbonyl (C=O) groups is 1. The molecule has 3 rings (SSSR count). The number of nitrogens with one attached hydrogen (secondary N) is 1. The van der Waals surface area contributed by atoms with Gasteiger partial charge in [0.15, 0.2) is 0 Å². The molecule has 0 aromatic carbocycles. The quantitative estimate of drug-likeness (QED) is 0.595. The number of ether oxygens (including phenoxy) is 1. The highest BCUT2D eigenvalue weighted by Gasteiger charge is 2.18. The van der Waals surface area contributed by atoms with E-state index in [2.05, 4.69) is 38.0 Å². The lowest BCUT2D eigenvalue weighted by Crippen LogP contribution is -2.18. The van der Waals surface area contributed by atoms with Crippen LogP contribution in [0.4, 0.5) is 5.69 Å². The van der Waals surface area contributed by atoms with Gasteiger partial charge in [-0.1, -0.05) is 11.6 Å². The van der Waals surface area contributed by atoms with E-state index in [0.717, 1.165) is 29.4 Å². The molecule has 6 nitrogen and oxygen atoms in total. The highest BCUT2D eigenvalue weighted by molar-refractivity contribution is 14.1. The van der Waals surface area contributed by atoms with Gasteiger partial charge in [-0.2, -0.15) is 5.10 Å². The van der Waals surface area contributed by atoms with Gasteiger partial charge in [0.05, 0.1) is 21.0 Å². The Morgan fingerprint density at radius 1 is 1.45 bits per heavy atom. The van der Waals surface area contributed by atoms with Gasteiger partial charge >= 0.3 is 0 Å². The molecule has 8 heteroatoms. The lowest BCUT2D eigenvalue weighted by molar-refractivity contribution is -0.0395. The molecular weight excluding hydrogens is 419 g/mol. The maximum Gasteiger partial charge on any atom is 0.258 e. The Kier molecular flexibility index (Phi) is 4.94. The Morgan fingerprint density at radius 3 is 3.09 bits per heavy atom. The fourth-order valence-corrected chi connectivity index (χ4v) is 2.84. The van der Waals surface area contributed by atoms with E-state index in [4.69, 9.17) is 16.3 Å². The number of hydrogen-bond donors (Lipinski definition) is 1. The highest BCUT2D eigenvalue weighted by Crippen LogP contribution is 2.23. The van der Waals surface area contributed by atoms with Crippen LogP contribution in [0.2, 0.25) is 5.15 Å². The van der Waals surface area contributed by atoms with Crippen LogP contribution in [0, 0.1) is 3.57 Å². The summed E-state index contributed by atoms with van der Waals surface area (Å²) < 4.78 is 8.18. The molecule has 2 aromatic rings. The standard InChI is InChI=1S/C14H14ClIN4O2/c15-12-5-11(10(16)7-17-12)19-14(21)9-6-18-20(8-9)13-3-1-2-4-22-13/h5-8,13H,1-4H2,(H,17,19,21). The molecule has 1 aliphatic rings. The molecule has 0 saturated carbocycles. The summed E-state index contributed by atoms with van der Waals surface area (Å²) in [5.74, 6) is -0.234. The summed E-state index contributed by atoms with van der Waals surface area (Å²) in [7, 11) is 0. The summed E-state index contributed by atoms with van der Waals surface area (Å²) in [6.07, 6.45) is 7.89. The van der Waals surface area contributed by atoms with Crippen molar-refractivity contribution in [2.75, 3.05) is 11.9 Å². The first-order valence-electron chi connectivity index (χ1n) is 6.91. The molecule has 1 amide bonds. The third-order valence-electron chi connectivity index (χ3n) is 3.38. The molecule has 0 aliphatic carbocycles. The number of anilines is 1. The lowest BCUT2D eigenvalue weighted by Gasteiger charge is -2.22. The van der Waals surface area contributed by atoms with E-state index in [0.29, 0.717) is 16.4 Å². The topological polar surface area (TPSA) is 69.0 Å². The number of hydrogen-bond acceptors (Lipinski definition) is 4. The SMILES string of the molecule is O=C(Nc1cc(Cl)ncc1I)c1cnn(C2CCCCO2)c1. The first-order chi connectivity index (χ1) is 10.6. The minimum atomic E-state index is -0.234. The Hall–Kier alpha value is -1.19. The number of nitrogens with zero attached hydrogens (tertiary/aromatic N) is 3. The molecular formula is C14H14ClIN4O2. The molecule has 22 heavy (non-hydrogen) atoms. The zero-order valence-corrected chi connectivity index (χ0v) is 14.5. The monoisotopic (exact) mass is 432 g/mol. The molecule has 116 valence electrons. The highest BCUT2D eigenvalue weighted by atomic mass is 127.